The summed E-state index contributed by atoms with van der Waals surface area (Å²) in [5.74, 6) is 0.290. The Morgan fingerprint density at radius 3 is 2.54 bits per heavy atom. The topological polar surface area (TPSA) is 92.3 Å². The molecule has 28 heavy (non-hydrogen) atoms. The first kappa shape index (κ1) is 19.4. The number of hydrogen-bond donors (Lipinski definition) is 2. The molecule has 0 atom stereocenters. The van der Waals surface area contributed by atoms with Crippen molar-refractivity contribution >= 4 is 46.4 Å². The van der Waals surface area contributed by atoms with Crippen molar-refractivity contribution in [1.82, 2.24) is 15.2 Å². The van der Waals surface area contributed by atoms with Gasteiger partial charge in [-0.3, -0.25) is 0 Å². The number of benzene rings is 2. The molecule has 0 aliphatic rings. The summed E-state index contributed by atoms with van der Waals surface area (Å²) in [6.07, 6.45) is 1.46. The first-order chi connectivity index (χ1) is 13.5. The van der Waals surface area contributed by atoms with Gasteiger partial charge in [0.1, 0.15) is 0 Å². The number of halogens is 1. The monoisotopic (exact) mass is 398 g/mol. The van der Waals surface area contributed by atoms with E-state index in [9.17, 15) is 4.79 Å². The maximum Gasteiger partial charge on any atom is 0.337 e. The maximum atomic E-state index is 11.7. The molecule has 0 amide bonds. The molecule has 0 spiro atoms. The molecule has 0 bridgehead atoms. The van der Waals surface area contributed by atoms with Crippen molar-refractivity contribution in [1.29, 1.82) is 0 Å². The lowest BCUT2D eigenvalue weighted by Gasteiger charge is -2.13. The zero-order valence-corrected chi connectivity index (χ0v) is 16.4. The molecule has 1 heterocycles. The number of aromatic nitrogens is 3. The molecule has 0 unspecified atom stereocenters. The van der Waals surface area contributed by atoms with E-state index < -0.39 is 5.97 Å². The Bertz CT molecular complexity index is 978. The van der Waals surface area contributed by atoms with Gasteiger partial charge in [-0.1, -0.05) is 11.6 Å². The number of nitrogens with one attached hydrogen (secondary N) is 2. The van der Waals surface area contributed by atoms with E-state index in [2.05, 4.69) is 25.8 Å². The molecule has 2 aromatic carbocycles. The van der Waals surface area contributed by atoms with Crippen LogP contribution in [0.15, 0.2) is 48.7 Å². The number of carbonyl (C=O) groups excluding carboxylic acids is 1. The Kier molecular flexibility index (Phi) is 5.90. The van der Waals surface area contributed by atoms with Crippen molar-refractivity contribution in [2.24, 2.45) is 0 Å². The van der Waals surface area contributed by atoms with Crippen LogP contribution in [0.25, 0.3) is 0 Å². The first-order valence-electron chi connectivity index (χ1n) is 8.35. The van der Waals surface area contributed by atoms with Gasteiger partial charge in [-0.25, -0.2) is 4.79 Å². The Morgan fingerprint density at radius 2 is 1.86 bits per heavy atom. The standard InChI is InChI=1S/C19H19ClN6O2/c1-26(2)14-7-5-13(6-8-14)22-19-24-17(11-21-25-19)23-16-10-12(18(27)28-3)4-9-15(16)20/h4-11H,1-3H3,(H2,22,23,24,25). The van der Waals surface area contributed by atoms with Gasteiger partial charge >= 0.3 is 5.97 Å². The minimum Gasteiger partial charge on any atom is -0.465 e. The van der Waals surface area contributed by atoms with Crippen LogP contribution < -0.4 is 15.5 Å². The fourth-order valence-electron chi connectivity index (χ4n) is 2.39. The number of methoxy groups -OCH3 is 1. The molecule has 144 valence electrons. The van der Waals surface area contributed by atoms with E-state index in [1.807, 2.05) is 43.3 Å². The highest BCUT2D eigenvalue weighted by atomic mass is 35.5. The number of ether oxygens (including phenoxy) is 1. The molecule has 0 saturated heterocycles. The summed E-state index contributed by atoms with van der Waals surface area (Å²) in [4.78, 5) is 18.1. The fourth-order valence-corrected chi connectivity index (χ4v) is 2.56. The van der Waals surface area contributed by atoms with E-state index in [4.69, 9.17) is 16.3 Å². The van der Waals surface area contributed by atoms with Crippen molar-refractivity contribution in [2.75, 3.05) is 36.7 Å². The maximum absolute atomic E-state index is 11.7. The molecule has 0 fully saturated rings. The highest BCUT2D eigenvalue weighted by molar-refractivity contribution is 6.33. The normalized spacial score (nSPS) is 10.3. The second kappa shape index (κ2) is 8.53. The smallest absolute Gasteiger partial charge is 0.337 e. The third-order valence-electron chi connectivity index (χ3n) is 3.85. The van der Waals surface area contributed by atoms with E-state index in [0.29, 0.717) is 28.0 Å². The minimum absolute atomic E-state index is 0.322. The van der Waals surface area contributed by atoms with Gasteiger partial charge in [-0.15, -0.1) is 5.10 Å². The van der Waals surface area contributed by atoms with E-state index in [-0.39, 0.29) is 0 Å². The van der Waals surface area contributed by atoms with Crippen LogP contribution in [0.4, 0.5) is 28.8 Å². The van der Waals surface area contributed by atoms with Gasteiger partial charge in [0.05, 0.1) is 29.6 Å². The second-order valence-corrected chi connectivity index (χ2v) is 6.45. The van der Waals surface area contributed by atoms with E-state index >= 15 is 0 Å². The Balaban J connectivity index is 1.77. The summed E-state index contributed by atoms with van der Waals surface area (Å²) >= 11 is 6.21. The summed E-state index contributed by atoms with van der Waals surface area (Å²) in [6, 6.07) is 12.6. The Hall–Kier alpha value is -3.39. The summed E-state index contributed by atoms with van der Waals surface area (Å²) in [6.45, 7) is 0. The zero-order chi connectivity index (χ0) is 20.1. The van der Waals surface area contributed by atoms with Gasteiger partial charge in [-0.2, -0.15) is 10.1 Å². The predicted molar refractivity (Wildman–Crippen MR) is 110 cm³/mol. The van der Waals surface area contributed by atoms with Crippen LogP contribution in [0.2, 0.25) is 5.02 Å². The predicted octanol–water partition coefficient (Wildman–Crippen LogP) is 3.86. The minimum atomic E-state index is -0.455. The molecule has 1 aromatic heterocycles. The van der Waals surface area contributed by atoms with Gasteiger partial charge in [0.2, 0.25) is 5.95 Å². The van der Waals surface area contributed by atoms with Gasteiger partial charge < -0.3 is 20.3 Å². The molecule has 3 rings (SSSR count). The average molecular weight is 399 g/mol. The van der Waals surface area contributed by atoms with Crippen molar-refractivity contribution in [2.45, 2.75) is 0 Å². The summed E-state index contributed by atoms with van der Waals surface area (Å²) in [5, 5.41) is 14.5. The molecular weight excluding hydrogens is 380 g/mol. The van der Waals surface area contributed by atoms with Crippen LogP contribution in [-0.2, 0) is 4.74 Å². The van der Waals surface area contributed by atoms with Crippen LogP contribution in [0.5, 0.6) is 0 Å². The van der Waals surface area contributed by atoms with Gasteiger partial charge in [0.15, 0.2) is 5.82 Å². The second-order valence-electron chi connectivity index (χ2n) is 6.04. The summed E-state index contributed by atoms with van der Waals surface area (Å²) in [5.41, 5.74) is 2.79. The van der Waals surface area contributed by atoms with E-state index in [1.165, 1.54) is 13.3 Å². The van der Waals surface area contributed by atoms with Crippen LogP contribution in [-0.4, -0.2) is 42.4 Å². The molecule has 0 aliphatic carbocycles. The number of rotatable bonds is 6. The Labute approximate surface area is 167 Å². The van der Waals surface area contributed by atoms with Gasteiger partial charge in [0, 0.05) is 25.5 Å². The fraction of sp³-hybridized carbons (Fsp3) is 0.158. The Morgan fingerprint density at radius 1 is 1.11 bits per heavy atom. The van der Waals surface area contributed by atoms with Crippen molar-refractivity contribution < 1.29 is 9.53 Å². The molecule has 0 aliphatic heterocycles. The number of anilines is 5. The molecule has 2 N–H and O–H groups in total. The summed E-state index contributed by atoms with van der Waals surface area (Å²) in [7, 11) is 5.28. The van der Waals surface area contributed by atoms with Crippen LogP contribution in [0, 0.1) is 0 Å². The molecule has 3 aromatic rings. The number of carbonyl (C=O) groups is 1. The largest absolute Gasteiger partial charge is 0.465 e. The van der Waals surface area contributed by atoms with Crippen LogP contribution >= 0.6 is 11.6 Å². The van der Waals surface area contributed by atoms with Crippen molar-refractivity contribution in [3.05, 3.63) is 59.2 Å². The lowest BCUT2D eigenvalue weighted by molar-refractivity contribution is 0.0601. The van der Waals surface area contributed by atoms with E-state index in [0.717, 1.165) is 11.4 Å². The van der Waals surface area contributed by atoms with Crippen LogP contribution in [0.1, 0.15) is 10.4 Å². The molecule has 8 nitrogen and oxygen atoms in total. The third-order valence-corrected chi connectivity index (χ3v) is 4.18. The van der Waals surface area contributed by atoms with E-state index in [1.54, 1.807) is 18.2 Å². The van der Waals surface area contributed by atoms with Crippen molar-refractivity contribution in [3.63, 3.8) is 0 Å². The van der Waals surface area contributed by atoms with Gasteiger partial charge in [-0.05, 0) is 42.5 Å². The molecular formula is C19H19ClN6O2. The third kappa shape index (κ3) is 4.66. The quantitative estimate of drug-likeness (QED) is 0.604. The average Bonchev–Trinajstić information content (AvgIpc) is 2.70. The van der Waals surface area contributed by atoms with Gasteiger partial charge in [0.25, 0.3) is 0 Å². The zero-order valence-electron chi connectivity index (χ0n) is 15.6. The number of nitrogens with zero attached hydrogens (tertiary/aromatic N) is 4. The van der Waals surface area contributed by atoms with Crippen molar-refractivity contribution in [3.8, 4) is 0 Å². The SMILES string of the molecule is COC(=O)c1ccc(Cl)c(Nc2cnnc(Nc3ccc(N(C)C)cc3)n2)c1. The molecule has 9 heteroatoms. The number of hydrogen-bond acceptors (Lipinski definition) is 8. The molecule has 0 radical (unpaired) electrons. The first-order valence-corrected chi connectivity index (χ1v) is 8.73. The lowest BCUT2D eigenvalue weighted by atomic mass is 10.2. The highest BCUT2D eigenvalue weighted by Gasteiger charge is 2.10. The van der Waals surface area contributed by atoms with Crippen LogP contribution in [0.3, 0.4) is 0 Å². The summed E-state index contributed by atoms with van der Waals surface area (Å²) < 4.78 is 4.73. The molecule has 0 saturated carbocycles. The highest BCUT2D eigenvalue weighted by Crippen LogP contribution is 2.26. The number of esters is 1. The lowest BCUT2D eigenvalue weighted by Crippen LogP contribution is -2.08.